The van der Waals surface area contributed by atoms with Gasteiger partial charge in [-0.25, -0.2) is 0 Å². The summed E-state index contributed by atoms with van der Waals surface area (Å²) in [5, 5.41) is 3.22. The van der Waals surface area contributed by atoms with E-state index in [9.17, 15) is 0 Å². The third kappa shape index (κ3) is 1.85. The summed E-state index contributed by atoms with van der Waals surface area (Å²) in [4.78, 5) is 4.31. The topological polar surface area (TPSA) is 24.4 Å². The molecular weight excluding hydrogens is 216 g/mol. The number of nitrogens with one attached hydrogen (secondary N) is 1. The molecule has 0 fully saturated rings. The molecule has 2 nitrogen and oxygen atoms in total. The Morgan fingerprint density at radius 2 is 1.92 bits per heavy atom. The van der Waals surface area contributed by atoms with E-state index in [0.29, 0.717) is 0 Å². The molecule has 0 saturated heterocycles. The smallest absolute Gasteiger partial charge is 0.128 e. The zero-order chi connectivity index (χ0) is 7.52. The average molecular weight is 227 g/mol. The molecule has 0 aliphatic carbocycles. The lowest BCUT2D eigenvalue weighted by atomic mass is 10.2. The van der Waals surface area contributed by atoms with E-state index in [0.717, 1.165) is 18.9 Å². The van der Waals surface area contributed by atoms with Gasteiger partial charge in [0, 0.05) is 12.1 Å². The van der Waals surface area contributed by atoms with Gasteiger partial charge in [-0.3, -0.25) is 4.99 Å². The van der Waals surface area contributed by atoms with Crippen LogP contribution in [0.15, 0.2) is 35.3 Å². The molecule has 1 N–H and O–H groups in total. The average Bonchev–Trinajstić information content (AvgIpc) is 2.58. The van der Waals surface area contributed by atoms with Crippen LogP contribution in [-0.4, -0.2) is 18.9 Å². The van der Waals surface area contributed by atoms with Crippen molar-refractivity contribution in [3.05, 3.63) is 35.9 Å². The minimum Gasteiger partial charge on any atom is -0.368 e. The summed E-state index contributed by atoms with van der Waals surface area (Å²) < 4.78 is 0. The highest BCUT2D eigenvalue weighted by Crippen LogP contribution is 2.01. The maximum Gasteiger partial charge on any atom is 0.128 e. The number of nitrogens with zero attached hydrogens (tertiary/aromatic N) is 1. The largest absolute Gasteiger partial charge is 0.368 e. The molecule has 1 aromatic rings. The first-order chi connectivity index (χ1) is 5.47. The molecule has 64 valence electrons. The van der Waals surface area contributed by atoms with Crippen LogP contribution >= 0.6 is 17.0 Å². The van der Waals surface area contributed by atoms with Crippen LogP contribution in [-0.2, 0) is 0 Å². The number of aliphatic imine (C=N–C) groups is 1. The summed E-state index contributed by atoms with van der Waals surface area (Å²) in [7, 11) is 0. The summed E-state index contributed by atoms with van der Waals surface area (Å²) in [6.07, 6.45) is 0. The van der Waals surface area contributed by atoms with Gasteiger partial charge in [0.2, 0.25) is 0 Å². The molecule has 3 heteroatoms. The Morgan fingerprint density at radius 3 is 2.50 bits per heavy atom. The number of benzene rings is 1. The molecule has 1 heterocycles. The Kier molecular flexibility index (Phi) is 3.29. The Hall–Kier alpha value is -0.830. The van der Waals surface area contributed by atoms with E-state index in [1.165, 1.54) is 5.56 Å². The third-order valence-corrected chi connectivity index (χ3v) is 1.72. The van der Waals surface area contributed by atoms with E-state index in [2.05, 4.69) is 22.4 Å². The van der Waals surface area contributed by atoms with E-state index >= 15 is 0 Å². The second-order valence-corrected chi connectivity index (χ2v) is 2.52. The first-order valence-electron chi connectivity index (χ1n) is 3.80. The SMILES string of the molecule is Br.c1ccc(C2=NCCN2)cc1. The van der Waals surface area contributed by atoms with Crippen molar-refractivity contribution in [1.29, 1.82) is 0 Å². The fraction of sp³-hybridized carbons (Fsp3) is 0.222. The van der Waals surface area contributed by atoms with E-state index in [4.69, 9.17) is 0 Å². The van der Waals surface area contributed by atoms with Gasteiger partial charge in [0.25, 0.3) is 0 Å². The molecule has 1 aliphatic heterocycles. The zero-order valence-electron chi connectivity index (χ0n) is 6.66. The van der Waals surface area contributed by atoms with Crippen molar-refractivity contribution in [2.24, 2.45) is 4.99 Å². The lowest BCUT2D eigenvalue weighted by Crippen LogP contribution is -2.19. The molecule has 0 aromatic heterocycles. The van der Waals surface area contributed by atoms with Gasteiger partial charge >= 0.3 is 0 Å². The monoisotopic (exact) mass is 226 g/mol. The lowest BCUT2D eigenvalue weighted by Gasteiger charge is -1.99. The van der Waals surface area contributed by atoms with E-state index in [-0.39, 0.29) is 17.0 Å². The van der Waals surface area contributed by atoms with Crippen LogP contribution in [0.4, 0.5) is 0 Å². The van der Waals surface area contributed by atoms with Crippen molar-refractivity contribution in [3.8, 4) is 0 Å². The molecular formula is C9H11BrN2. The summed E-state index contributed by atoms with van der Waals surface area (Å²) in [5.41, 5.74) is 1.19. The number of amidine groups is 1. The predicted molar refractivity (Wildman–Crippen MR) is 56.2 cm³/mol. The minimum atomic E-state index is 0. The van der Waals surface area contributed by atoms with Crippen molar-refractivity contribution in [2.75, 3.05) is 13.1 Å². The molecule has 2 rings (SSSR count). The zero-order valence-corrected chi connectivity index (χ0v) is 8.37. The maximum absolute atomic E-state index is 4.31. The summed E-state index contributed by atoms with van der Waals surface area (Å²) in [5.74, 6) is 1.03. The third-order valence-electron chi connectivity index (χ3n) is 1.72. The van der Waals surface area contributed by atoms with Crippen molar-refractivity contribution < 1.29 is 0 Å². The highest BCUT2D eigenvalue weighted by Gasteiger charge is 2.05. The first kappa shape index (κ1) is 9.26. The molecule has 0 atom stereocenters. The number of rotatable bonds is 1. The molecule has 1 aromatic carbocycles. The molecule has 0 bridgehead atoms. The van der Waals surface area contributed by atoms with E-state index in [1.54, 1.807) is 0 Å². The fourth-order valence-corrected chi connectivity index (χ4v) is 1.19. The lowest BCUT2D eigenvalue weighted by molar-refractivity contribution is 0.960. The Morgan fingerprint density at radius 1 is 1.17 bits per heavy atom. The van der Waals surface area contributed by atoms with Gasteiger partial charge in [-0.05, 0) is 0 Å². The summed E-state index contributed by atoms with van der Waals surface area (Å²) >= 11 is 0. The van der Waals surface area contributed by atoms with Crippen LogP contribution in [0, 0.1) is 0 Å². The second kappa shape index (κ2) is 4.26. The molecule has 0 spiro atoms. The Balaban J connectivity index is 0.000000720. The predicted octanol–water partition coefficient (Wildman–Crippen LogP) is 1.61. The van der Waals surface area contributed by atoms with Crippen molar-refractivity contribution in [1.82, 2.24) is 5.32 Å². The standard InChI is InChI=1S/C9H10N2.BrH/c1-2-4-8(5-3-1)9-10-6-7-11-9;/h1-5H,6-7H2,(H,10,11);1H. The van der Waals surface area contributed by atoms with E-state index < -0.39 is 0 Å². The van der Waals surface area contributed by atoms with Crippen LogP contribution in [0.1, 0.15) is 5.56 Å². The number of hydrogen-bond donors (Lipinski definition) is 1. The van der Waals surface area contributed by atoms with Gasteiger partial charge in [0.1, 0.15) is 5.84 Å². The van der Waals surface area contributed by atoms with E-state index in [1.807, 2.05) is 18.2 Å². The van der Waals surface area contributed by atoms with Gasteiger partial charge in [0.05, 0.1) is 6.54 Å². The molecule has 0 amide bonds. The Labute approximate surface area is 82.5 Å². The maximum atomic E-state index is 4.31. The number of hydrogen-bond acceptors (Lipinski definition) is 2. The van der Waals surface area contributed by atoms with Gasteiger partial charge in [-0.1, -0.05) is 30.3 Å². The highest BCUT2D eigenvalue weighted by molar-refractivity contribution is 8.93. The van der Waals surface area contributed by atoms with Gasteiger partial charge in [-0.2, -0.15) is 0 Å². The molecule has 0 saturated carbocycles. The molecule has 0 unspecified atom stereocenters. The van der Waals surface area contributed by atoms with Gasteiger partial charge in [0.15, 0.2) is 0 Å². The van der Waals surface area contributed by atoms with Crippen molar-refractivity contribution in [3.63, 3.8) is 0 Å². The Bertz CT molecular complexity index is 269. The summed E-state index contributed by atoms with van der Waals surface area (Å²) in [6.45, 7) is 1.88. The quantitative estimate of drug-likeness (QED) is 0.774. The first-order valence-corrected chi connectivity index (χ1v) is 3.80. The van der Waals surface area contributed by atoms with Crippen molar-refractivity contribution >= 4 is 22.8 Å². The fourth-order valence-electron chi connectivity index (χ4n) is 1.19. The number of halogens is 1. The molecule has 0 radical (unpaired) electrons. The van der Waals surface area contributed by atoms with Crippen LogP contribution in [0.3, 0.4) is 0 Å². The van der Waals surface area contributed by atoms with Gasteiger partial charge < -0.3 is 5.32 Å². The van der Waals surface area contributed by atoms with Crippen LogP contribution in [0.5, 0.6) is 0 Å². The van der Waals surface area contributed by atoms with Crippen LogP contribution in [0.2, 0.25) is 0 Å². The highest BCUT2D eigenvalue weighted by atomic mass is 79.9. The summed E-state index contributed by atoms with van der Waals surface area (Å²) in [6, 6.07) is 10.2. The van der Waals surface area contributed by atoms with Crippen LogP contribution in [0.25, 0.3) is 0 Å². The molecule has 1 aliphatic rings. The second-order valence-electron chi connectivity index (χ2n) is 2.52. The van der Waals surface area contributed by atoms with Crippen LogP contribution < -0.4 is 5.32 Å². The van der Waals surface area contributed by atoms with Gasteiger partial charge in [-0.15, -0.1) is 17.0 Å². The normalized spacial score (nSPS) is 14.5. The molecule has 12 heavy (non-hydrogen) atoms. The minimum absolute atomic E-state index is 0. The van der Waals surface area contributed by atoms with Crippen molar-refractivity contribution in [2.45, 2.75) is 0 Å².